The van der Waals surface area contributed by atoms with Gasteiger partial charge in [-0.3, -0.25) is 0 Å². The number of halogens is 1. The van der Waals surface area contributed by atoms with E-state index < -0.39 is 0 Å². The van der Waals surface area contributed by atoms with Gasteiger partial charge in [0.1, 0.15) is 11.6 Å². The highest BCUT2D eigenvalue weighted by atomic mass is 19.1. The van der Waals surface area contributed by atoms with Crippen LogP contribution in [0.25, 0.3) is 10.9 Å². The van der Waals surface area contributed by atoms with Gasteiger partial charge in [-0.05, 0) is 48.4 Å². The van der Waals surface area contributed by atoms with E-state index in [1.165, 1.54) is 18.6 Å². The Hall–Kier alpha value is -1.68. The number of aryl methyl sites for hydroxylation is 1. The number of hydrogen-bond acceptors (Lipinski definition) is 3. The molecule has 2 heterocycles. The van der Waals surface area contributed by atoms with Crippen molar-refractivity contribution in [3.05, 3.63) is 35.6 Å². The number of ether oxygens (including phenoxy) is 1. The molecule has 0 unspecified atom stereocenters. The first kappa shape index (κ1) is 15.8. The van der Waals surface area contributed by atoms with E-state index in [0.29, 0.717) is 11.3 Å². The van der Waals surface area contributed by atoms with E-state index in [-0.39, 0.29) is 11.2 Å². The minimum absolute atomic E-state index is 0.231. The molecule has 0 radical (unpaired) electrons. The van der Waals surface area contributed by atoms with Crippen molar-refractivity contribution < 1.29 is 9.13 Å². The van der Waals surface area contributed by atoms with Crippen LogP contribution >= 0.6 is 0 Å². The molecular formula is C20H25FN2O. The maximum atomic E-state index is 13.6. The lowest BCUT2D eigenvalue weighted by atomic mass is 9.48. The van der Waals surface area contributed by atoms with Crippen molar-refractivity contribution in [2.75, 3.05) is 31.7 Å². The summed E-state index contributed by atoms with van der Waals surface area (Å²) < 4.78 is 19.1. The number of hydrogen-bond donors (Lipinski definition) is 0. The molecule has 24 heavy (non-hydrogen) atoms. The highest BCUT2D eigenvalue weighted by Crippen LogP contribution is 2.63. The van der Waals surface area contributed by atoms with E-state index in [1.807, 2.05) is 6.07 Å². The van der Waals surface area contributed by atoms with Crippen molar-refractivity contribution in [2.45, 2.75) is 27.2 Å². The van der Waals surface area contributed by atoms with E-state index in [4.69, 9.17) is 9.72 Å². The van der Waals surface area contributed by atoms with Crippen LogP contribution in [0.3, 0.4) is 0 Å². The summed E-state index contributed by atoms with van der Waals surface area (Å²) in [5.74, 6) is 1.35. The molecule has 2 aliphatic rings. The van der Waals surface area contributed by atoms with Gasteiger partial charge in [-0.2, -0.15) is 0 Å². The summed E-state index contributed by atoms with van der Waals surface area (Å²) in [4.78, 5) is 7.13. The highest BCUT2D eigenvalue weighted by molar-refractivity contribution is 5.84. The zero-order valence-corrected chi connectivity index (χ0v) is 14.9. The first-order chi connectivity index (χ1) is 11.3. The minimum Gasteiger partial charge on any atom is -0.384 e. The number of methoxy groups -OCH3 is 1. The lowest BCUT2D eigenvalue weighted by molar-refractivity contribution is -0.106. The second-order valence-corrected chi connectivity index (χ2v) is 8.35. The molecule has 4 heteroatoms. The largest absolute Gasteiger partial charge is 0.384 e. The SMILES string of the molecule is COC[C@@]12CN(c3cc(C)c4ccc(F)cc4n3)C[C@@H]1C(C)(C)C2. The Morgan fingerprint density at radius 3 is 2.83 bits per heavy atom. The molecule has 0 N–H and O–H groups in total. The fourth-order valence-corrected chi connectivity index (χ4v) is 5.30. The number of benzene rings is 1. The second-order valence-electron chi connectivity index (χ2n) is 8.35. The Morgan fingerprint density at radius 1 is 1.33 bits per heavy atom. The molecule has 0 bridgehead atoms. The zero-order chi connectivity index (χ0) is 17.1. The molecule has 0 spiro atoms. The van der Waals surface area contributed by atoms with Crippen LogP contribution in [0.4, 0.5) is 10.2 Å². The summed E-state index contributed by atoms with van der Waals surface area (Å²) in [7, 11) is 1.79. The summed E-state index contributed by atoms with van der Waals surface area (Å²) in [5, 5.41) is 1.02. The molecule has 2 fully saturated rings. The van der Waals surface area contributed by atoms with Crippen LogP contribution in [0.15, 0.2) is 24.3 Å². The van der Waals surface area contributed by atoms with Crippen LogP contribution in [-0.4, -0.2) is 31.8 Å². The van der Waals surface area contributed by atoms with Crippen molar-refractivity contribution in [3.63, 3.8) is 0 Å². The molecule has 0 amide bonds. The Kier molecular flexibility index (Phi) is 3.40. The van der Waals surface area contributed by atoms with Gasteiger partial charge in [-0.15, -0.1) is 0 Å². The molecule has 2 aromatic rings. The van der Waals surface area contributed by atoms with Gasteiger partial charge in [-0.25, -0.2) is 9.37 Å². The smallest absolute Gasteiger partial charge is 0.129 e. The summed E-state index contributed by atoms with van der Waals surface area (Å²) in [5.41, 5.74) is 2.48. The Balaban J connectivity index is 1.71. The first-order valence-electron chi connectivity index (χ1n) is 8.65. The van der Waals surface area contributed by atoms with Crippen LogP contribution in [0.2, 0.25) is 0 Å². The fourth-order valence-electron chi connectivity index (χ4n) is 5.30. The highest BCUT2D eigenvalue weighted by Gasteiger charge is 2.62. The van der Waals surface area contributed by atoms with Gasteiger partial charge in [0.15, 0.2) is 0 Å². The van der Waals surface area contributed by atoms with Crippen molar-refractivity contribution in [1.29, 1.82) is 0 Å². The van der Waals surface area contributed by atoms with Gasteiger partial charge < -0.3 is 9.64 Å². The molecule has 1 saturated heterocycles. The van der Waals surface area contributed by atoms with Crippen molar-refractivity contribution in [2.24, 2.45) is 16.7 Å². The quantitative estimate of drug-likeness (QED) is 0.845. The first-order valence-corrected chi connectivity index (χ1v) is 8.65. The van der Waals surface area contributed by atoms with Crippen molar-refractivity contribution in [1.82, 2.24) is 4.98 Å². The lowest BCUT2D eigenvalue weighted by Gasteiger charge is -2.56. The van der Waals surface area contributed by atoms with Gasteiger partial charge in [0, 0.05) is 37.1 Å². The molecule has 2 atom stereocenters. The van der Waals surface area contributed by atoms with Crippen molar-refractivity contribution in [3.8, 4) is 0 Å². The zero-order valence-electron chi connectivity index (χ0n) is 14.9. The average Bonchev–Trinajstić information content (AvgIpc) is 2.82. The lowest BCUT2D eigenvalue weighted by Crippen LogP contribution is -2.55. The number of nitrogens with zero attached hydrogens (tertiary/aromatic N) is 2. The van der Waals surface area contributed by atoms with Crippen LogP contribution in [-0.2, 0) is 4.74 Å². The van der Waals surface area contributed by atoms with Gasteiger partial charge in [0.25, 0.3) is 0 Å². The van der Waals surface area contributed by atoms with Crippen LogP contribution in [0, 0.1) is 29.5 Å². The molecule has 3 nitrogen and oxygen atoms in total. The van der Waals surface area contributed by atoms with E-state index in [2.05, 4.69) is 31.7 Å². The summed E-state index contributed by atoms with van der Waals surface area (Å²) in [6.45, 7) is 9.56. The predicted octanol–water partition coefficient (Wildman–Crippen LogP) is 4.18. The molecule has 1 saturated carbocycles. The molecule has 128 valence electrons. The average molecular weight is 328 g/mol. The third-order valence-electron chi connectivity index (χ3n) is 6.12. The van der Waals surface area contributed by atoms with Gasteiger partial charge in [0.05, 0.1) is 12.1 Å². The van der Waals surface area contributed by atoms with E-state index >= 15 is 0 Å². The third-order valence-corrected chi connectivity index (χ3v) is 6.12. The summed E-state index contributed by atoms with van der Waals surface area (Å²) in [6.07, 6.45) is 1.19. The van der Waals surface area contributed by atoms with Crippen LogP contribution in [0.5, 0.6) is 0 Å². The van der Waals surface area contributed by atoms with Crippen LogP contribution in [0.1, 0.15) is 25.8 Å². The van der Waals surface area contributed by atoms with Gasteiger partial charge in [0.2, 0.25) is 0 Å². The number of pyridine rings is 1. The van der Waals surface area contributed by atoms with Gasteiger partial charge in [-0.1, -0.05) is 13.8 Å². The number of anilines is 1. The normalized spacial score (nSPS) is 28.0. The molecule has 1 aromatic carbocycles. The predicted molar refractivity (Wildman–Crippen MR) is 94.8 cm³/mol. The van der Waals surface area contributed by atoms with Crippen molar-refractivity contribution >= 4 is 16.7 Å². The number of aromatic nitrogens is 1. The Morgan fingerprint density at radius 2 is 2.12 bits per heavy atom. The molecule has 1 aromatic heterocycles. The molecular weight excluding hydrogens is 303 g/mol. The molecule has 1 aliphatic heterocycles. The Bertz CT molecular complexity index is 804. The topological polar surface area (TPSA) is 25.4 Å². The molecule has 4 rings (SSSR count). The maximum Gasteiger partial charge on any atom is 0.129 e. The second kappa shape index (κ2) is 5.16. The Labute approximate surface area is 142 Å². The minimum atomic E-state index is -0.231. The summed E-state index contributed by atoms with van der Waals surface area (Å²) in [6, 6.07) is 6.99. The van der Waals surface area contributed by atoms with Gasteiger partial charge >= 0.3 is 0 Å². The van der Waals surface area contributed by atoms with Crippen LogP contribution < -0.4 is 4.90 Å². The van der Waals surface area contributed by atoms with E-state index in [0.717, 1.165) is 42.0 Å². The number of rotatable bonds is 3. The summed E-state index contributed by atoms with van der Waals surface area (Å²) >= 11 is 0. The number of fused-ring (bicyclic) bond motifs is 2. The molecule has 1 aliphatic carbocycles. The monoisotopic (exact) mass is 328 g/mol. The standard InChI is InChI=1S/C20H25FN2O/c1-13-7-18(22-16-8-14(21)5-6-15(13)16)23-9-17-19(2,3)10-20(17,11-23)12-24-4/h5-8,17H,9-12H2,1-4H3/t17-,20-/m1/s1. The fraction of sp³-hybridized carbons (Fsp3) is 0.550. The van der Waals surface area contributed by atoms with E-state index in [1.54, 1.807) is 7.11 Å². The third kappa shape index (κ3) is 2.23. The van der Waals surface area contributed by atoms with E-state index in [9.17, 15) is 4.39 Å². The maximum absolute atomic E-state index is 13.6.